The van der Waals surface area contributed by atoms with Gasteiger partial charge in [-0.1, -0.05) is 19.1 Å². The van der Waals surface area contributed by atoms with Crippen LogP contribution in [0.3, 0.4) is 0 Å². The first-order chi connectivity index (χ1) is 12.1. The number of benzene rings is 1. The van der Waals surface area contributed by atoms with Gasteiger partial charge in [-0.25, -0.2) is 9.97 Å². The topological polar surface area (TPSA) is 88.0 Å². The largest absolute Gasteiger partial charge is 0.356 e. The molecule has 0 aliphatic carbocycles. The van der Waals surface area contributed by atoms with Gasteiger partial charge in [0.05, 0.1) is 10.3 Å². The van der Waals surface area contributed by atoms with Crippen molar-refractivity contribution >= 4 is 22.5 Å². The first-order valence-corrected chi connectivity index (χ1v) is 8.45. The fraction of sp³-hybridized carbons (Fsp3) is 0.333. The third-order valence-corrected chi connectivity index (χ3v) is 4.73. The smallest absolute Gasteiger partial charge is 0.270 e. The molecule has 1 aromatic carbocycles. The van der Waals surface area contributed by atoms with Crippen LogP contribution in [0.25, 0.3) is 22.3 Å². The molecule has 3 aromatic rings. The molecule has 1 unspecified atom stereocenters. The van der Waals surface area contributed by atoms with Crippen molar-refractivity contribution in [1.29, 1.82) is 0 Å². The SMILES string of the molecule is CC1CCCN(c2ncnc3[nH]c(-c4cccc([N+](=O)[O-])c4)cc23)C1. The zero-order chi connectivity index (χ0) is 17.4. The minimum absolute atomic E-state index is 0.0762. The molecule has 0 spiro atoms. The number of hydrogen-bond acceptors (Lipinski definition) is 5. The van der Waals surface area contributed by atoms with Gasteiger partial charge in [0.15, 0.2) is 0 Å². The molecule has 0 saturated carbocycles. The molecule has 0 radical (unpaired) electrons. The molecule has 7 heteroatoms. The van der Waals surface area contributed by atoms with Crippen molar-refractivity contribution in [2.24, 2.45) is 5.92 Å². The Morgan fingerprint density at radius 2 is 2.20 bits per heavy atom. The average Bonchev–Trinajstić information content (AvgIpc) is 3.06. The number of nitro groups is 1. The zero-order valence-electron chi connectivity index (χ0n) is 14.0. The molecular formula is C18H19N5O2. The van der Waals surface area contributed by atoms with Gasteiger partial charge in [0.2, 0.25) is 0 Å². The highest BCUT2D eigenvalue weighted by Crippen LogP contribution is 2.31. The summed E-state index contributed by atoms with van der Waals surface area (Å²) in [6, 6.07) is 8.60. The number of non-ortho nitro benzene ring substituents is 1. The predicted octanol–water partition coefficient (Wildman–Crippen LogP) is 3.77. The lowest BCUT2D eigenvalue weighted by atomic mass is 10.0. The fourth-order valence-electron chi connectivity index (χ4n) is 3.50. The van der Waals surface area contributed by atoms with E-state index in [4.69, 9.17) is 0 Å². The van der Waals surface area contributed by atoms with Crippen LogP contribution in [0, 0.1) is 16.0 Å². The molecule has 1 aliphatic rings. The Morgan fingerprint density at radius 1 is 1.32 bits per heavy atom. The third kappa shape index (κ3) is 2.93. The quantitative estimate of drug-likeness (QED) is 0.580. The predicted molar refractivity (Wildman–Crippen MR) is 96.6 cm³/mol. The highest BCUT2D eigenvalue weighted by Gasteiger charge is 2.21. The van der Waals surface area contributed by atoms with Gasteiger partial charge >= 0.3 is 0 Å². The maximum absolute atomic E-state index is 11.0. The van der Waals surface area contributed by atoms with Gasteiger partial charge in [-0.05, 0) is 24.8 Å². The molecule has 1 fully saturated rings. The summed E-state index contributed by atoms with van der Waals surface area (Å²) in [5.41, 5.74) is 2.41. The maximum atomic E-state index is 11.0. The summed E-state index contributed by atoms with van der Waals surface area (Å²) in [4.78, 5) is 25.0. The summed E-state index contributed by atoms with van der Waals surface area (Å²) in [6.45, 7) is 4.24. The summed E-state index contributed by atoms with van der Waals surface area (Å²) in [5.74, 6) is 1.58. The van der Waals surface area contributed by atoms with Crippen LogP contribution in [0.5, 0.6) is 0 Å². The van der Waals surface area contributed by atoms with Crippen LogP contribution in [0.2, 0.25) is 0 Å². The van der Waals surface area contributed by atoms with E-state index in [-0.39, 0.29) is 10.6 Å². The van der Waals surface area contributed by atoms with Crippen LogP contribution < -0.4 is 4.90 Å². The van der Waals surface area contributed by atoms with Crippen molar-refractivity contribution < 1.29 is 4.92 Å². The van der Waals surface area contributed by atoms with Gasteiger partial charge in [-0.2, -0.15) is 0 Å². The molecular weight excluding hydrogens is 318 g/mol. The first kappa shape index (κ1) is 15.6. The number of hydrogen-bond donors (Lipinski definition) is 1. The number of nitrogens with zero attached hydrogens (tertiary/aromatic N) is 4. The number of fused-ring (bicyclic) bond motifs is 1. The minimum Gasteiger partial charge on any atom is -0.356 e. The second-order valence-corrected chi connectivity index (χ2v) is 6.64. The molecule has 3 heterocycles. The van der Waals surface area contributed by atoms with Crippen molar-refractivity contribution in [3.05, 3.63) is 46.8 Å². The van der Waals surface area contributed by atoms with Crippen LogP contribution in [-0.4, -0.2) is 33.0 Å². The normalized spacial score (nSPS) is 17.8. The van der Waals surface area contributed by atoms with Gasteiger partial charge in [0, 0.05) is 36.5 Å². The van der Waals surface area contributed by atoms with E-state index in [0.29, 0.717) is 5.92 Å². The Hall–Kier alpha value is -2.96. The van der Waals surface area contributed by atoms with E-state index in [1.54, 1.807) is 18.5 Å². The van der Waals surface area contributed by atoms with Crippen LogP contribution in [0.15, 0.2) is 36.7 Å². The van der Waals surface area contributed by atoms with Gasteiger partial charge < -0.3 is 9.88 Å². The fourth-order valence-corrected chi connectivity index (χ4v) is 3.50. The summed E-state index contributed by atoms with van der Waals surface area (Å²) in [7, 11) is 0. The minimum atomic E-state index is -0.382. The highest BCUT2D eigenvalue weighted by atomic mass is 16.6. The Bertz CT molecular complexity index is 936. The number of H-pyrrole nitrogens is 1. The first-order valence-electron chi connectivity index (χ1n) is 8.45. The average molecular weight is 337 g/mol. The maximum Gasteiger partial charge on any atom is 0.270 e. The van der Waals surface area contributed by atoms with Crippen molar-refractivity contribution in [3.8, 4) is 11.3 Å². The summed E-state index contributed by atoms with van der Waals surface area (Å²) in [5, 5.41) is 12.0. The van der Waals surface area contributed by atoms with Crippen LogP contribution >= 0.6 is 0 Å². The lowest BCUT2D eigenvalue weighted by Crippen LogP contribution is -2.34. The Kier molecular flexibility index (Phi) is 3.83. The summed E-state index contributed by atoms with van der Waals surface area (Å²) in [6.07, 6.45) is 3.98. The number of anilines is 1. The van der Waals surface area contributed by atoms with Gasteiger partial charge in [-0.3, -0.25) is 10.1 Å². The highest BCUT2D eigenvalue weighted by molar-refractivity contribution is 5.92. The second-order valence-electron chi connectivity index (χ2n) is 6.64. The van der Waals surface area contributed by atoms with E-state index < -0.39 is 0 Å². The molecule has 4 rings (SSSR count). The van der Waals surface area contributed by atoms with E-state index in [1.807, 2.05) is 12.1 Å². The van der Waals surface area contributed by atoms with Gasteiger partial charge in [0.1, 0.15) is 17.8 Å². The van der Waals surface area contributed by atoms with E-state index in [9.17, 15) is 10.1 Å². The van der Waals surface area contributed by atoms with Crippen molar-refractivity contribution in [3.63, 3.8) is 0 Å². The Morgan fingerprint density at radius 3 is 3.00 bits per heavy atom. The molecule has 2 aromatic heterocycles. The van der Waals surface area contributed by atoms with E-state index >= 15 is 0 Å². The van der Waals surface area contributed by atoms with Crippen LogP contribution in [0.4, 0.5) is 11.5 Å². The van der Waals surface area contributed by atoms with E-state index in [0.717, 1.165) is 47.6 Å². The lowest BCUT2D eigenvalue weighted by molar-refractivity contribution is -0.384. The number of piperidine rings is 1. The number of nitro benzene ring substituents is 1. The lowest BCUT2D eigenvalue weighted by Gasteiger charge is -2.32. The molecule has 25 heavy (non-hydrogen) atoms. The second kappa shape index (κ2) is 6.16. The van der Waals surface area contributed by atoms with Crippen molar-refractivity contribution in [2.45, 2.75) is 19.8 Å². The summed E-state index contributed by atoms with van der Waals surface area (Å²) < 4.78 is 0. The number of nitrogens with one attached hydrogen (secondary N) is 1. The number of aromatic nitrogens is 3. The third-order valence-electron chi connectivity index (χ3n) is 4.73. The molecule has 0 bridgehead atoms. The Labute approximate surface area is 144 Å². The standard InChI is InChI=1S/C18H19N5O2/c1-12-4-3-7-22(10-12)18-15-9-16(21-17(15)19-11-20-18)13-5-2-6-14(8-13)23(24)25/h2,5-6,8-9,11-12H,3-4,7,10H2,1H3,(H,19,20,21). The van der Waals surface area contributed by atoms with Crippen molar-refractivity contribution in [2.75, 3.05) is 18.0 Å². The van der Waals surface area contributed by atoms with Gasteiger partial charge in [-0.15, -0.1) is 0 Å². The molecule has 1 aliphatic heterocycles. The zero-order valence-corrected chi connectivity index (χ0v) is 14.0. The molecule has 1 N–H and O–H groups in total. The molecule has 128 valence electrons. The molecule has 1 atom stereocenters. The Balaban J connectivity index is 1.77. The van der Waals surface area contributed by atoms with Crippen LogP contribution in [-0.2, 0) is 0 Å². The molecule has 0 amide bonds. The van der Waals surface area contributed by atoms with Crippen molar-refractivity contribution in [1.82, 2.24) is 15.0 Å². The number of rotatable bonds is 3. The molecule has 7 nitrogen and oxygen atoms in total. The van der Waals surface area contributed by atoms with E-state index in [2.05, 4.69) is 26.8 Å². The van der Waals surface area contributed by atoms with E-state index in [1.165, 1.54) is 12.5 Å². The van der Waals surface area contributed by atoms with Gasteiger partial charge in [0.25, 0.3) is 5.69 Å². The van der Waals surface area contributed by atoms with Crippen LogP contribution in [0.1, 0.15) is 19.8 Å². The summed E-state index contributed by atoms with van der Waals surface area (Å²) >= 11 is 0. The number of aromatic amines is 1. The monoisotopic (exact) mass is 337 g/mol. The molecule has 1 saturated heterocycles.